The minimum Gasteiger partial charge on any atom is -0.366 e. The molecule has 1 fully saturated rings. The number of carbonyl (C=O) groups is 2. The van der Waals surface area contributed by atoms with Crippen molar-refractivity contribution in [3.8, 4) is 0 Å². The highest BCUT2D eigenvalue weighted by Crippen LogP contribution is 2.34. The fourth-order valence-corrected chi connectivity index (χ4v) is 4.46. The zero-order valence-electron chi connectivity index (χ0n) is 19.5. The van der Waals surface area contributed by atoms with E-state index in [1.165, 1.54) is 6.92 Å². The van der Waals surface area contributed by atoms with Gasteiger partial charge in [0, 0.05) is 50.8 Å². The number of nitrogens with zero attached hydrogens (tertiary/aromatic N) is 2. The third kappa shape index (κ3) is 6.56. The van der Waals surface area contributed by atoms with Crippen LogP contribution in [0.25, 0.3) is 0 Å². The smallest absolute Gasteiger partial charge is 0.226 e. The van der Waals surface area contributed by atoms with Gasteiger partial charge in [0.2, 0.25) is 11.8 Å². The molecular weight excluding hydrogens is 414 g/mol. The summed E-state index contributed by atoms with van der Waals surface area (Å²) in [5.74, 6) is 2.46. The first-order chi connectivity index (χ1) is 16.0. The molecule has 6 nitrogen and oxygen atoms in total. The van der Waals surface area contributed by atoms with Gasteiger partial charge in [0.05, 0.1) is 0 Å². The van der Waals surface area contributed by atoms with Crippen molar-refractivity contribution < 1.29 is 14.4 Å². The first-order valence-corrected chi connectivity index (χ1v) is 11.7. The second-order valence-electron chi connectivity index (χ2n) is 8.46. The van der Waals surface area contributed by atoms with Crippen molar-refractivity contribution in [3.63, 3.8) is 0 Å². The van der Waals surface area contributed by atoms with Crippen molar-refractivity contribution in [2.24, 2.45) is 0 Å². The van der Waals surface area contributed by atoms with Crippen LogP contribution in [0, 0.1) is 0 Å². The standard InChI is InChI=1S/C27H33N3O3/c1-3-9-27(33)30(23-10-5-4-6-11-23)19-16-24(20-31)29-17-14-22(15-18-29)25-12-7-8-13-26(25)28-21(2)32/h4-8,10-13,22H,3,9,14-19H2,1-2H3,(H,28,32). The maximum atomic E-state index is 12.7. The van der Waals surface area contributed by atoms with E-state index >= 15 is 0 Å². The topological polar surface area (TPSA) is 69.7 Å². The molecule has 0 aliphatic carbocycles. The molecule has 1 N–H and O–H groups in total. The summed E-state index contributed by atoms with van der Waals surface area (Å²) < 4.78 is 0. The number of carbonyl (C=O) groups excluding carboxylic acids is 3. The summed E-state index contributed by atoms with van der Waals surface area (Å²) in [6, 6.07) is 17.5. The van der Waals surface area contributed by atoms with Crippen molar-refractivity contribution in [1.82, 2.24) is 4.90 Å². The van der Waals surface area contributed by atoms with Gasteiger partial charge in [-0.15, -0.1) is 0 Å². The predicted octanol–water partition coefficient (Wildman–Crippen LogP) is 4.76. The summed E-state index contributed by atoms with van der Waals surface area (Å²) in [7, 11) is 0. The fourth-order valence-electron chi connectivity index (χ4n) is 4.46. The van der Waals surface area contributed by atoms with Crippen molar-refractivity contribution in [3.05, 3.63) is 65.9 Å². The number of para-hydroxylation sites is 2. The van der Waals surface area contributed by atoms with Crippen LogP contribution in [0.3, 0.4) is 0 Å². The Morgan fingerprint density at radius 2 is 1.70 bits per heavy atom. The molecule has 0 unspecified atom stereocenters. The van der Waals surface area contributed by atoms with Crippen LogP contribution in [-0.2, 0) is 14.4 Å². The summed E-state index contributed by atoms with van der Waals surface area (Å²) in [5.41, 5.74) is 3.48. The predicted molar refractivity (Wildman–Crippen MR) is 132 cm³/mol. The number of amides is 2. The van der Waals surface area contributed by atoms with Crippen LogP contribution in [-0.4, -0.2) is 42.3 Å². The van der Waals surface area contributed by atoms with Crippen LogP contribution in [0.15, 0.2) is 60.3 Å². The number of likely N-dealkylation sites (tertiary alicyclic amines) is 1. The van der Waals surface area contributed by atoms with E-state index < -0.39 is 0 Å². The molecule has 2 aromatic carbocycles. The van der Waals surface area contributed by atoms with Gasteiger partial charge in [-0.25, -0.2) is 4.79 Å². The summed E-state index contributed by atoms with van der Waals surface area (Å²) in [4.78, 5) is 39.9. The SMILES string of the molecule is CCCC(=O)N(CCC(=C=O)N1CCC(c2ccccc2NC(C)=O)CC1)c1ccccc1. The second kappa shape index (κ2) is 12.0. The Morgan fingerprint density at radius 3 is 2.33 bits per heavy atom. The van der Waals surface area contributed by atoms with Gasteiger partial charge < -0.3 is 15.1 Å². The molecule has 0 saturated carbocycles. The molecule has 0 radical (unpaired) electrons. The van der Waals surface area contributed by atoms with Gasteiger partial charge in [0.25, 0.3) is 0 Å². The maximum absolute atomic E-state index is 12.7. The second-order valence-corrected chi connectivity index (χ2v) is 8.46. The number of benzene rings is 2. The molecule has 0 spiro atoms. The Kier molecular flexibility index (Phi) is 8.85. The lowest BCUT2D eigenvalue weighted by molar-refractivity contribution is -0.118. The van der Waals surface area contributed by atoms with Gasteiger partial charge in [-0.1, -0.05) is 43.3 Å². The van der Waals surface area contributed by atoms with E-state index in [1.54, 1.807) is 4.90 Å². The van der Waals surface area contributed by atoms with Crippen molar-refractivity contribution in [2.45, 2.75) is 51.9 Å². The monoisotopic (exact) mass is 447 g/mol. The molecule has 33 heavy (non-hydrogen) atoms. The van der Waals surface area contributed by atoms with Crippen LogP contribution in [0.2, 0.25) is 0 Å². The Bertz CT molecular complexity index is 991. The number of hydrogen-bond donors (Lipinski definition) is 1. The molecule has 0 atom stereocenters. The van der Waals surface area contributed by atoms with Gasteiger partial charge in [-0.3, -0.25) is 9.59 Å². The zero-order chi connectivity index (χ0) is 23.6. The Labute approximate surface area is 196 Å². The van der Waals surface area contributed by atoms with Crippen LogP contribution in [0.4, 0.5) is 11.4 Å². The van der Waals surface area contributed by atoms with Crippen LogP contribution in [0.5, 0.6) is 0 Å². The van der Waals surface area contributed by atoms with Crippen molar-refractivity contribution >= 4 is 29.1 Å². The molecule has 3 rings (SSSR count). The molecular formula is C27H33N3O3. The summed E-state index contributed by atoms with van der Waals surface area (Å²) in [5, 5.41) is 2.93. The quantitative estimate of drug-likeness (QED) is 0.563. The van der Waals surface area contributed by atoms with Crippen LogP contribution < -0.4 is 10.2 Å². The van der Waals surface area contributed by atoms with Gasteiger partial charge in [-0.05, 0) is 48.9 Å². The summed E-state index contributed by atoms with van der Waals surface area (Å²) in [6.07, 6.45) is 3.51. The molecule has 6 heteroatoms. The van der Waals surface area contributed by atoms with Gasteiger partial charge >= 0.3 is 0 Å². The lowest BCUT2D eigenvalue weighted by atomic mass is 9.88. The molecule has 0 bridgehead atoms. The minimum absolute atomic E-state index is 0.0715. The van der Waals surface area contributed by atoms with E-state index in [-0.39, 0.29) is 11.8 Å². The molecule has 174 valence electrons. The number of anilines is 2. The number of hydrogen-bond acceptors (Lipinski definition) is 4. The minimum atomic E-state index is -0.0772. The van der Waals surface area contributed by atoms with E-state index in [1.807, 2.05) is 55.5 Å². The van der Waals surface area contributed by atoms with Crippen molar-refractivity contribution in [1.29, 1.82) is 0 Å². The Balaban J connectivity index is 1.63. The molecule has 1 aliphatic rings. The highest BCUT2D eigenvalue weighted by molar-refractivity contribution is 5.93. The Morgan fingerprint density at radius 1 is 1.03 bits per heavy atom. The number of piperidine rings is 1. The average Bonchev–Trinajstić information content (AvgIpc) is 2.83. The first kappa shape index (κ1) is 24.3. The normalized spacial score (nSPS) is 13.8. The average molecular weight is 448 g/mol. The highest BCUT2D eigenvalue weighted by atomic mass is 16.2. The molecule has 2 aromatic rings. The van der Waals surface area contributed by atoms with Crippen LogP contribution in [0.1, 0.15) is 57.4 Å². The van der Waals surface area contributed by atoms with E-state index in [0.717, 1.165) is 49.3 Å². The van der Waals surface area contributed by atoms with E-state index in [2.05, 4.69) is 22.2 Å². The summed E-state index contributed by atoms with van der Waals surface area (Å²) in [6.45, 7) is 5.46. The third-order valence-corrected chi connectivity index (χ3v) is 6.11. The van der Waals surface area contributed by atoms with Crippen LogP contribution >= 0.6 is 0 Å². The summed E-state index contributed by atoms with van der Waals surface area (Å²) >= 11 is 0. The number of rotatable bonds is 9. The molecule has 1 saturated heterocycles. The van der Waals surface area contributed by atoms with E-state index in [9.17, 15) is 14.4 Å². The maximum Gasteiger partial charge on any atom is 0.226 e. The van der Waals surface area contributed by atoms with Crippen molar-refractivity contribution in [2.75, 3.05) is 29.9 Å². The van der Waals surface area contributed by atoms with Gasteiger partial charge in [-0.2, -0.15) is 0 Å². The lowest BCUT2D eigenvalue weighted by Gasteiger charge is -2.35. The largest absolute Gasteiger partial charge is 0.366 e. The molecule has 1 aliphatic heterocycles. The molecule has 0 aromatic heterocycles. The lowest BCUT2D eigenvalue weighted by Crippen LogP contribution is -2.36. The highest BCUT2D eigenvalue weighted by Gasteiger charge is 2.25. The van der Waals surface area contributed by atoms with Gasteiger partial charge in [0.1, 0.15) is 11.6 Å². The number of nitrogens with one attached hydrogen (secondary N) is 1. The molecule has 2 amide bonds. The third-order valence-electron chi connectivity index (χ3n) is 6.11. The zero-order valence-corrected chi connectivity index (χ0v) is 19.5. The van der Waals surface area contributed by atoms with E-state index in [4.69, 9.17) is 0 Å². The Hall–Kier alpha value is -3.37. The van der Waals surface area contributed by atoms with E-state index in [0.29, 0.717) is 31.0 Å². The fraction of sp³-hybridized carbons (Fsp3) is 0.407. The van der Waals surface area contributed by atoms with Gasteiger partial charge in [0.15, 0.2) is 0 Å². The first-order valence-electron chi connectivity index (χ1n) is 11.7. The molecule has 1 heterocycles.